The number of anilines is 1. The molecule has 1 aliphatic carbocycles. The third-order valence-electron chi connectivity index (χ3n) is 5.10. The molecule has 0 radical (unpaired) electrons. The summed E-state index contributed by atoms with van der Waals surface area (Å²) in [6.45, 7) is 2.08. The van der Waals surface area contributed by atoms with Gasteiger partial charge in [0.05, 0.1) is 17.6 Å². The van der Waals surface area contributed by atoms with Crippen molar-refractivity contribution in [1.29, 1.82) is 0 Å². The summed E-state index contributed by atoms with van der Waals surface area (Å²) in [7, 11) is 0. The first-order valence-corrected chi connectivity index (χ1v) is 9.65. The van der Waals surface area contributed by atoms with Crippen LogP contribution in [-0.2, 0) is 0 Å². The van der Waals surface area contributed by atoms with E-state index in [1.807, 2.05) is 34.9 Å². The summed E-state index contributed by atoms with van der Waals surface area (Å²) in [5, 5.41) is 2.96. The molecule has 1 N–H and O–H groups in total. The van der Waals surface area contributed by atoms with Gasteiger partial charge in [-0.25, -0.2) is 4.98 Å². The van der Waals surface area contributed by atoms with Crippen LogP contribution >= 0.6 is 0 Å². The molecule has 1 amide bonds. The molecule has 0 saturated heterocycles. The highest BCUT2D eigenvalue weighted by Gasteiger charge is 2.28. The number of rotatable bonds is 5. The number of pyridine rings is 2. The van der Waals surface area contributed by atoms with Gasteiger partial charge in [0.25, 0.3) is 5.91 Å². The van der Waals surface area contributed by atoms with Crippen LogP contribution in [0.1, 0.15) is 40.5 Å². The Hall–Kier alpha value is -3.67. The minimum Gasteiger partial charge on any atom is -0.456 e. The molecular formula is C23H20N4O2. The van der Waals surface area contributed by atoms with Gasteiger partial charge in [-0.1, -0.05) is 0 Å². The third kappa shape index (κ3) is 3.57. The molecule has 6 heteroatoms. The predicted octanol–water partition coefficient (Wildman–Crippen LogP) is 4.96. The Morgan fingerprint density at radius 2 is 1.93 bits per heavy atom. The van der Waals surface area contributed by atoms with Crippen molar-refractivity contribution in [3.05, 3.63) is 84.1 Å². The lowest BCUT2D eigenvalue weighted by atomic mass is 10.2. The van der Waals surface area contributed by atoms with Crippen molar-refractivity contribution in [2.24, 2.45) is 0 Å². The minimum atomic E-state index is -0.169. The van der Waals surface area contributed by atoms with E-state index in [2.05, 4.69) is 17.2 Å². The summed E-state index contributed by atoms with van der Waals surface area (Å²) in [6, 6.07) is 14.5. The first-order chi connectivity index (χ1) is 14.2. The lowest BCUT2D eigenvalue weighted by Crippen LogP contribution is -2.12. The van der Waals surface area contributed by atoms with Crippen LogP contribution in [0.15, 0.2) is 67.1 Å². The summed E-state index contributed by atoms with van der Waals surface area (Å²) < 4.78 is 7.76. The fraction of sp³-hybridized carbons (Fsp3) is 0.174. The van der Waals surface area contributed by atoms with E-state index in [1.165, 1.54) is 18.5 Å². The van der Waals surface area contributed by atoms with Gasteiger partial charge in [0, 0.05) is 29.6 Å². The molecule has 3 aromatic heterocycles. The number of nitrogens with zero attached hydrogens (tertiary/aromatic N) is 3. The van der Waals surface area contributed by atoms with Crippen LogP contribution < -0.4 is 10.1 Å². The number of nitrogens with one attached hydrogen (secondary N) is 1. The topological polar surface area (TPSA) is 68.5 Å². The zero-order chi connectivity index (χ0) is 19.8. The second-order valence-corrected chi connectivity index (χ2v) is 7.27. The van der Waals surface area contributed by atoms with Crippen LogP contribution in [0, 0.1) is 6.92 Å². The summed E-state index contributed by atoms with van der Waals surface area (Å²) in [6.07, 6.45) is 7.70. The number of fused-ring (bicyclic) bond motifs is 1. The normalized spacial score (nSPS) is 13.4. The largest absolute Gasteiger partial charge is 0.456 e. The summed E-state index contributed by atoms with van der Waals surface area (Å²) in [5.41, 5.74) is 4.54. The lowest BCUT2D eigenvalue weighted by Gasteiger charge is -2.08. The summed E-state index contributed by atoms with van der Waals surface area (Å²) in [4.78, 5) is 21.4. The first-order valence-electron chi connectivity index (χ1n) is 9.65. The van der Waals surface area contributed by atoms with Crippen molar-refractivity contribution < 1.29 is 9.53 Å². The molecule has 5 rings (SSSR count). The molecule has 0 unspecified atom stereocenters. The molecule has 0 bridgehead atoms. The van der Waals surface area contributed by atoms with Crippen molar-refractivity contribution in [1.82, 2.24) is 14.4 Å². The maximum atomic E-state index is 12.6. The smallest absolute Gasteiger partial charge is 0.255 e. The van der Waals surface area contributed by atoms with Crippen LogP contribution in [0.4, 0.5) is 5.69 Å². The molecule has 4 aromatic rings. The molecular weight excluding hydrogens is 364 g/mol. The Kier molecular flexibility index (Phi) is 4.24. The highest BCUT2D eigenvalue weighted by Crippen LogP contribution is 2.41. The molecule has 0 spiro atoms. The second-order valence-electron chi connectivity index (χ2n) is 7.27. The molecule has 6 nitrogen and oxygen atoms in total. The fourth-order valence-electron chi connectivity index (χ4n) is 3.42. The van der Waals surface area contributed by atoms with Gasteiger partial charge in [0.1, 0.15) is 17.1 Å². The SMILES string of the molecule is Cc1c(C2CC2)nc2ccc(NC(=O)c3ccc(Oc4cccnc4)cc3)cn12. The molecule has 3 heterocycles. The van der Waals surface area contributed by atoms with Gasteiger partial charge >= 0.3 is 0 Å². The Bertz CT molecular complexity index is 1180. The summed E-state index contributed by atoms with van der Waals surface area (Å²) >= 11 is 0. The van der Waals surface area contributed by atoms with E-state index in [4.69, 9.17) is 9.72 Å². The maximum Gasteiger partial charge on any atom is 0.255 e. The quantitative estimate of drug-likeness (QED) is 0.528. The van der Waals surface area contributed by atoms with Gasteiger partial charge in [-0.3, -0.25) is 9.78 Å². The number of carbonyl (C=O) groups excluding carboxylic acids is 1. The van der Waals surface area contributed by atoms with Crippen molar-refractivity contribution >= 4 is 17.2 Å². The number of ether oxygens (including phenoxy) is 1. The zero-order valence-corrected chi connectivity index (χ0v) is 16.0. The van der Waals surface area contributed by atoms with Crippen LogP contribution in [0.2, 0.25) is 0 Å². The number of benzene rings is 1. The van der Waals surface area contributed by atoms with Crippen molar-refractivity contribution in [2.75, 3.05) is 5.32 Å². The van der Waals surface area contributed by atoms with E-state index in [-0.39, 0.29) is 5.91 Å². The van der Waals surface area contributed by atoms with Gasteiger partial charge < -0.3 is 14.5 Å². The van der Waals surface area contributed by atoms with Crippen LogP contribution in [0.3, 0.4) is 0 Å². The monoisotopic (exact) mass is 384 g/mol. The van der Waals surface area contributed by atoms with Gasteiger partial charge in [-0.2, -0.15) is 0 Å². The van der Waals surface area contributed by atoms with Crippen molar-refractivity contribution in [3.63, 3.8) is 0 Å². The predicted molar refractivity (Wildman–Crippen MR) is 111 cm³/mol. The van der Waals surface area contributed by atoms with E-state index in [0.29, 0.717) is 23.0 Å². The molecule has 1 saturated carbocycles. The number of hydrogen-bond donors (Lipinski definition) is 1. The molecule has 1 fully saturated rings. The number of carbonyl (C=O) groups is 1. The maximum absolute atomic E-state index is 12.6. The van der Waals surface area contributed by atoms with E-state index in [9.17, 15) is 4.79 Å². The molecule has 144 valence electrons. The number of aryl methyl sites for hydroxylation is 1. The van der Waals surface area contributed by atoms with E-state index in [0.717, 1.165) is 17.0 Å². The number of imidazole rings is 1. The molecule has 0 atom stereocenters. The average molecular weight is 384 g/mol. The number of aromatic nitrogens is 3. The van der Waals surface area contributed by atoms with Crippen LogP contribution in [0.25, 0.3) is 5.65 Å². The van der Waals surface area contributed by atoms with Crippen molar-refractivity contribution in [2.45, 2.75) is 25.7 Å². The van der Waals surface area contributed by atoms with E-state index in [1.54, 1.807) is 36.7 Å². The first kappa shape index (κ1) is 17.4. The van der Waals surface area contributed by atoms with E-state index < -0.39 is 0 Å². The van der Waals surface area contributed by atoms with Crippen LogP contribution in [0.5, 0.6) is 11.5 Å². The van der Waals surface area contributed by atoms with E-state index >= 15 is 0 Å². The highest BCUT2D eigenvalue weighted by atomic mass is 16.5. The Morgan fingerprint density at radius 1 is 1.10 bits per heavy atom. The van der Waals surface area contributed by atoms with Gasteiger partial charge in [-0.15, -0.1) is 0 Å². The molecule has 1 aliphatic rings. The fourth-order valence-corrected chi connectivity index (χ4v) is 3.42. The number of hydrogen-bond acceptors (Lipinski definition) is 4. The second kappa shape index (κ2) is 7.05. The van der Waals surface area contributed by atoms with Crippen LogP contribution in [-0.4, -0.2) is 20.3 Å². The van der Waals surface area contributed by atoms with Gasteiger partial charge in [0.15, 0.2) is 0 Å². The summed E-state index contributed by atoms with van der Waals surface area (Å²) in [5.74, 6) is 1.73. The van der Waals surface area contributed by atoms with Crippen molar-refractivity contribution in [3.8, 4) is 11.5 Å². The Labute approximate surface area is 168 Å². The minimum absolute atomic E-state index is 0.169. The standard InChI is InChI=1S/C23H20N4O2/c1-15-22(16-4-5-16)26-21-11-8-18(14-27(15)21)25-23(28)17-6-9-19(10-7-17)29-20-3-2-12-24-13-20/h2-3,6-14,16H,4-5H2,1H3,(H,25,28). The molecule has 29 heavy (non-hydrogen) atoms. The Balaban J connectivity index is 1.31. The molecule has 0 aliphatic heterocycles. The molecule has 1 aromatic carbocycles. The third-order valence-corrected chi connectivity index (χ3v) is 5.10. The van der Waals surface area contributed by atoms with Gasteiger partial charge in [-0.05, 0) is 68.3 Å². The highest BCUT2D eigenvalue weighted by molar-refractivity contribution is 6.04. The lowest BCUT2D eigenvalue weighted by molar-refractivity contribution is 0.102. The average Bonchev–Trinajstić information content (AvgIpc) is 3.54. The Morgan fingerprint density at radius 3 is 2.66 bits per heavy atom. The zero-order valence-electron chi connectivity index (χ0n) is 16.0. The number of amides is 1. The van der Waals surface area contributed by atoms with Gasteiger partial charge in [0.2, 0.25) is 0 Å².